The van der Waals surface area contributed by atoms with Gasteiger partial charge in [0.15, 0.2) is 0 Å². The molecule has 1 fully saturated rings. The van der Waals surface area contributed by atoms with Crippen molar-refractivity contribution in [1.29, 1.82) is 5.26 Å². The number of benzene rings is 1. The van der Waals surface area contributed by atoms with Crippen molar-refractivity contribution >= 4 is 11.3 Å². The first-order valence-corrected chi connectivity index (χ1v) is 12.3. The SMILES string of the molecule is CCC1CCC(O)c2ccc(C3C(CCCc4ncc(CO)s4)[C@H](C#N)C[C@H]3O)cc21. The Kier molecular flexibility index (Phi) is 7.08. The van der Waals surface area contributed by atoms with Gasteiger partial charge in [-0.1, -0.05) is 25.1 Å². The van der Waals surface area contributed by atoms with E-state index < -0.39 is 12.2 Å². The lowest BCUT2D eigenvalue weighted by Gasteiger charge is -2.31. The number of nitriles is 1. The van der Waals surface area contributed by atoms with Crippen LogP contribution in [0.25, 0.3) is 0 Å². The number of aryl methyl sites for hydroxylation is 1. The molecule has 2 aliphatic carbocycles. The Morgan fingerprint density at radius 2 is 2.06 bits per heavy atom. The molecule has 6 heteroatoms. The van der Waals surface area contributed by atoms with Gasteiger partial charge in [-0.25, -0.2) is 4.98 Å². The molecule has 0 aliphatic heterocycles. The standard InChI is InChI=1S/C25H32N2O3S/c1-2-15-7-9-22(29)20-8-6-16(10-21(15)20)25-19(17(12-26)11-23(25)30)4-3-5-24-27-13-18(14-28)31-24/h6,8,10,13,15,17,19,22-23,25,28-30H,2-5,7,9,11,14H2,1H3/t15?,17-,19?,22?,23+,25?/m0/s1. The molecule has 1 aromatic heterocycles. The van der Waals surface area contributed by atoms with Crippen molar-refractivity contribution in [3.8, 4) is 6.07 Å². The molecule has 1 saturated carbocycles. The van der Waals surface area contributed by atoms with E-state index in [-0.39, 0.29) is 24.4 Å². The minimum absolute atomic E-state index is 0.0246. The summed E-state index contributed by atoms with van der Waals surface area (Å²) in [4.78, 5) is 5.25. The summed E-state index contributed by atoms with van der Waals surface area (Å²) in [5.41, 5.74) is 3.37. The highest BCUT2D eigenvalue weighted by Gasteiger charge is 2.43. The maximum absolute atomic E-state index is 10.9. The van der Waals surface area contributed by atoms with E-state index in [2.05, 4.69) is 30.1 Å². The lowest BCUT2D eigenvalue weighted by Crippen LogP contribution is -2.20. The predicted octanol–water partition coefficient (Wildman–Crippen LogP) is 4.58. The van der Waals surface area contributed by atoms with E-state index in [0.717, 1.165) is 59.5 Å². The molecule has 31 heavy (non-hydrogen) atoms. The zero-order valence-corrected chi connectivity index (χ0v) is 18.9. The Hall–Kier alpha value is -1.78. The van der Waals surface area contributed by atoms with Gasteiger partial charge in [-0.15, -0.1) is 11.3 Å². The van der Waals surface area contributed by atoms with Gasteiger partial charge in [-0.2, -0.15) is 5.26 Å². The van der Waals surface area contributed by atoms with Gasteiger partial charge in [0.2, 0.25) is 0 Å². The van der Waals surface area contributed by atoms with E-state index in [4.69, 9.17) is 0 Å². The Morgan fingerprint density at radius 1 is 1.23 bits per heavy atom. The average Bonchev–Trinajstić information content (AvgIpc) is 3.37. The van der Waals surface area contributed by atoms with Crippen molar-refractivity contribution in [3.05, 3.63) is 51.0 Å². The number of nitrogens with zero attached hydrogens (tertiary/aromatic N) is 2. The zero-order valence-electron chi connectivity index (χ0n) is 18.1. The number of hydrogen-bond donors (Lipinski definition) is 3. The fraction of sp³-hybridized carbons (Fsp3) is 0.600. The van der Waals surface area contributed by atoms with Crippen LogP contribution in [-0.4, -0.2) is 26.4 Å². The van der Waals surface area contributed by atoms with Gasteiger partial charge >= 0.3 is 0 Å². The summed E-state index contributed by atoms with van der Waals surface area (Å²) in [5, 5.41) is 41.3. The van der Waals surface area contributed by atoms with Crippen LogP contribution in [0.5, 0.6) is 0 Å². The first kappa shape index (κ1) is 22.4. The lowest BCUT2D eigenvalue weighted by atomic mass is 9.76. The number of fused-ring (bicyclic) bond motifs is 1. The largest absolute Gasteiger partial charge is 0.392 e. The molecule has 2 aromatic rings. The summed E-state index contributed by atoms with van der Waals surface area (Å²) in [7, 11) is 0. The van der Waals surface area contributed by atoms with Crippen LogP contribution in [0.1, 0.15) is 90.0 Å². The minimum Gasteiger partial charge on any atom is -0.392 e. The smallest absolute Gasteiger partial charge is 0.0928 e. The van der Waals surface area contributed by atoms with E-state index in [0.29, 0.717) is 12.3 Å². The second-order valence-electron chi connectivity index (χ2n) is 9.09. The molecule has 0 radical (unpaired) electrons. The lowest BCUT2D eigenvalue weighted by molar-refractivity contribution is 0.148. The summed E-state index contributed by atoms with van der Waals surface area (Å²) in [5.74, 6) is 0.375. The highest BCUT2D eigenvalue weighted by molar-refractivity contribution is 7.11. The van der Waals surface area contributed by atoms with Crippen LogP contribution >= 0.6 is 11.3 Å². The van der Waals surface area contributed by atoms with Gasteiger partial charge < -0.3 is 15.3 Å². The Morgan fingerprint density at radius 3 is 2.77 bits per heavy atom. The quantitative estimate of drug-likeness (QED) is 0.585. The second-order valence-corrected chi connectivity index (χ2v) is 10.3. The molecule has 2 aliphatic rings. The predicted molar refractivity (Wildman–Crippen MR) is 121 cm³/mol. The molecular formula is C25H32N2O3S. The highest BCUT2D eigenvalue weighted by atomic mass is 32.1. The van der Waals surface area contributed by atoms with Crippen LogP contribution in [0.2, 0.25) is 0 Å². The van der Waals surface area contributed by atoms with E-state index in [9.17, 15) is 20.6 Å². The minimum atomic E-state index is -0.512. The van der Waals surface area contributed by atoms with E-state index in [1.165, 1.54) is 16.9 Å². The van der Waals surface area contributed by atoms with Crippen LogP contribution in [0.3, 0.4) is 0 Å². The fourth-order valence-corrected chi connectivity index (χ4v) is 6.52. The van der Waals surface area contributed by atoms with E-state index in [1.54, 1.807) is 6.20 Å². The Balaban J connectivity index is 1.54. The molecule has 0 saturated heterocycles. The molecule has 5 nitrogen and oxygen atoms in total. The topological polar surface area (TPSA) is 97.4 Å². The monoisotopic (exact) mass is 440 g/mol. The molecular weight excluding hydrogens is 408 g/mol. The van der Waals surface area contributed by atoms with Crippen molar-refractivity contribution in [1.82, 2.24) is 4.98 Å². The third-order valence-electron chi connectivity index (χ3n) is 7.32. The molecule has 166 valence electrons. The van der Waals surface area contributed by atoms with Gasteiger partial charge in [-0.05, 0) is 73.5 Å². The number of aromatic nitrogens is 1. The number of aliphatic hydroxyl groups excluding tert-OH is 3. The molecule has 4 unspecified atom stereocenters. The van der Waals surface area contributed by atoms with Crippen molar-refractivity contribution < 1.29 is 15.3 Å². The normalized spacial score (nSPS) is 30.2. The number of aliphatic hydroxyl groups is 3. The van der Waals surface area contributed by atoms with Crippen LogP contribution < -0.4 is 0 Å². The zero-order chi connectivity index (χ0) is 22.0. The first-order valence-electron chi connectivity index (χ1n) is 11.5. The number of thiazole rings is 1. The summed E-state index contributed by atoms with van der Waals surface area (Å²) < 4.78 is 0. The third kappa shape index (κ3) is 4.56. The van der Waals surface area contributed by atoms with Crippen molar-refractivity contribution in [3.63, 3.8) is 0 Å². The Labute approximate surface area is 188 Å². The van der Waals surface area contributed by atoms with Crippen molar-refractivity contribution in [2.24, 2.45) is 11.8 Å². The van der Waals surface area contributed by atoms with Gasteiger partial charge in [-0.3, -0.25) is 0 Å². The molecule has 4 rings (SSSR count). The first-order chi connectivity index (χ1) is 15.0. The maximum Gasteiger partial charge on any atom is 0.0928 e. The molecule has 1 heterocycles. The number of rotatable bonds is 7. The van der Waals surface area contributed by atoms with Gasteiger partial charge in [0.1, 0.15) is 0 Å². The van der Waals surface area contributed by atoms with Crippen LogP contribution in [0.4, 0.5) is 0 Å². The van der Waals surface area contributed by atoms with E-state index >= 15 is 0 Å². The molecule has 0 bridgehead atoms. The molecule has 0 amide bonds. The molecule has 6 atom stereocenters. The van der Waals surface area contributed by atoms with Gasteiger partial charge in [0.05, 0.1) is 40.7 Å². The summed E-state index contributed by atoms with van der Waals surface area (Å²) in [6.07, 6.45) is 6.80. The van der Waals surface area contributed by atoms with Crippen LogP contribution in [0.15, 0.2) is 24.4 Å². The summed E-state index contributed by atoms with van der Waals surface area (Å²) in [6.45, 7) is 2.22. The summed E-state index contributed by atoms with van der Waals surface area (Å²) in [6, 6.07) is 8.77. The molecule has 3 N–H and O–H groups in total. The van der Waals surface area contributed by atoms with Crippen LogP contribution in [0, 0.1) is 23.2 Å². The Bertz CT molecular complexity index is 937. The highest BCUT2D eigenvalue weighted by Crippen LogP contribution is 2.48. The third-order valence-corrected chi connectivity index (χ3v) is 8.36. The molecule has 1 aromatic carbocycles. The molecule has 0 spiro atoms. The average molecular weight is 441 g/mol. The van der Waals surface area contributed by atoms with Crippen molar-refractivity contribution in [2.75, 3.05) is 0 Å². The fourth-order valence-electron chi connectivity index (χ4n) is 5.69. The summed E-state index contributed by atoms with van der Waals surface area (Å²) >= 11 is 1.54. The van der Waals surface area contributed by atoms with Crippen LogP contribution in [-0.2, 0) is 13.0 Å². The van der Waals surface area contributed by atoms with E-state index in [1.807, 2.05) is 6.07 Å². The van der Waals surface area contributed by atoms with Gasteiger partial charge in [0, 0.05) is 12.1 Å². The van der Waals surface area contributed by atoms with Gasteiger partial charge in [0.25, 0.3) is 0 Å². The maximum atomic E-state index is 10.9. The second kappa shape index (κ2) is 9.79. The van der Waals surface area contributed by atoms with Crippen molar-refractivity contribution in [2.45, 2.75) is 82.5 Å². The number of hydrogen-bond acceptors (Lipinski definition) is 6.